The Kier molecular flexibility index (Phi) is 2.44. The Balaban J connectivity index is 2.54. The largest absolute Gasteiger partial charge is 0.383 e. The number of hydrogen-bond acceptors (Lipinski definition) is 3. The molecule has 2 nitrogen and oxygen atoms in total. The van der Waals surface area contributed by atoms with Crippen molar-refractivity contribution in [2.45, 2.75) is 13.8 Å². The van der Waals surface area contributed by atoms with Crippen LogP contribution in [-0.4, -0.2) is 4.98 Å². The van der Waals surface area contributed by atoms with Crippen LogP contribution in [0.1, 0.15) is 10.4 Å². The smallest absolute Gasteiger partial charge is 0.138 e. The molecule has 0 radical (unpaired) electrons. The molecule has 0 unspecified atom stereocenters. The number of aryl methyl sites for hydroxylation is 2. The molecule has 0 spiro atoms. The van der Waals surface area contributed by atoms with Crippen molar-refractivity contribution in [2.75, 3.05) is 5.73 Å². The van der Waals surface area contributed by atoms with Crippen molar-refractivity contribution in [1.29, 1.82) is 0 Å². The van der Waals surface area contributed by atoms with Gasteiger partial charge >= 0.3 is 0 Å². The third kappa shape index (κ3) is 1.85. The Labute approximate surface area is 91.6 Å². The second-order valence-electron chi connectivity index (χ2n) is 3.44. The van der Waals surface area contributed by atoms with Gasteiger partial charge in [0.05, 0.1) is 0 Å². The summed E-state index contributed by atoms with van der Waals surface area (Å²) in [5.41, 5.74) is 7.05. The average molecular weight is 222 g/mol. The Morgan fingerprint density at radius 3 is 2.60 bits per heavy atom. The van der Waals surface area contributed by atoms with Crippen molar-refractivity contribution in [3.05, 3.63) is 34.5 Å². The van der Waals surface area contributed by atoms with Gasteiger partial charge in [-0.3, -0.25) is 0 Å². The van der Waals surface area contributed by atoms with Crippen molar-refractivity contribution in [3.63, 3.8) is 0 Å². The lowest BCUT2D eigenvalue weighted by molar-refractivity contribution is 0.630. The molecule has 15 heavy (non-hydrogen) atoms. The number of nitrogens with zero attached hydrogens (tertiary/aromatic N) is 1. The van der Waals surface area contributed by atoms with Crippen LogP contribution in [0.15, 0.2) is 18.2 Å². The minimum Gasteiger partial charge on any atom is -0.383 e. The zero-order valence-corrected chi connectivity index (χ0v) is 9.36. The van der Waals surface area contributed by atoms with Crippen molar-refractivity contribution >= 4 is 17.2 Å². The summed E-state index contributed by atoms with van der Waals surface area (Å²) in [6.45, 7) is 3.73. The molecule has 0 bridgehead atoms. The van der Waals surface area contributed by atoms with Crippen LogP contribution in [0.2, 0.25) is 0 Å². The molecule has 2 rings (SSSR count). The van der Waals surface area contributed by atoms with Crippen molar-refractivity contribution in [1.82, 2.24) is 4.98 Å². The molecule has 4 heteroatoms. The minimum atomic E-state index is -0.247. The number of halogens is 1. The van der Waals surface area contributed by atoms with Crippen LogP contribution < -0.4 is 5.73 Å². The molecule has 0 aliphatic carbocycles. The first-order chi connectivity index (χ1) is 7.08. The molecule has 0 saturated carbocycles. The minimum absolute atomic E-state index is 0.247. The molecule has 0 saturated heterocycles. The van der Waals surface area contributed by atoms with Crippen LogP contribution in [0.4, 0.5) is 10.2 Å². The second-order valence-corrected chi connectivity index (χ2v) is 4.65. The topological polar surface area (TPSA) is 38.9 Å². The van der Waals surface area contributed by atoms with E-state index < -0.39 is 0 Å². The quantitative estimate of drug-likeness (QED) is 0.805. The Morgan fingerprint density at radius 1 is 1.33 bits per heavy atom. The van der Waals surface area contributed by atoms with E-state index in [1.807, 2.05) is 19.9 Å². The molecule has 0 aliphatic rings. The fourth-order valence-electron chi connectivity index (χ4n) is 1.32. The molecule has 1 aromatic carbocycles. The number of hydrogen-bond donors (Lipinski definition) is 1. The maximum absolute atomic E-state index is 13.6. The number of aromatic nitrogens is 1. The van der Waals surface area contributed by atoms with Crippen LogP contribution in [0.3, 0.4) is 0 Å². The molecule has 2 aromatic rings. The molecule has 0 fully saturated rings. The zero-order valence-electron chi connectivity index (χ0n) is 8.54. The summed E-state index contributed by atoms with van der Waals surface area (Å²) in [5.74, 6) is 0.235. The monoisotopic (exact) mass is 222 g/mol. The number of nitrogen functional groups attached to an aromatic ring is 1. The van der Waals surface area contributed by atoms with Crippen molar-refractivity contribution < 1.29 is 4.39 Å². The van der Waals surface area contributed by atoms with Gasteiger partial charge in [-0.2, -0.15) is 0 Å². The first-order valence-corrected chi connectivity index (χ1v) is 5.39. The highest BCUT2D eigenvalue weighted by Crippen LogP contribution is 2.30. The molecule has 0 atom stereocenters. The van der Waals surface area contributed by atoms with Gasteiger partial charge in [-0.1, -0.05) is 6.07 Å². The van der Waals surface area contributed by atoms with E-state index in [4.69, 9.17) is 5.73 Å². The standard InChI is InChI=1S/C11H11FN2S/c1-6-3-4-8(9(12)5-6)11-14-10(13)7(2)15-11/h3-5H,13H2,1-2H3. The Hall–Kier alpha value is -1.42. The van der Waals surface area contributed by atoms with Gasteiger partial charge in [0.1, 0.15) is 16.6 Å². The maximum atomic E-state index is 13.6. The molecule has 0 amide bonds. The highest BCUT2D eigenvalue weighted by molar-refractivity contribution is 7.15. The van der Waals surface area contributed by atoms with Gasteiger partial charge in [0, 0.05) is 10.4 Å². The fraction of sp³-hybridized carbons (Fsp3) is 0.182. The molecule has 0 aliphatic heterocycles. The summed E-state index contributed by atoms with van der Waals surface area (Å²) < 4.78 is 13.6. The molecular formula is C11H11FN2S. The van der Waals surface area contributed by atoms with Gasteiger partial charge in [0.25, 0.3) is 0 Å². The van der Waals surface area contributed by atoms with Gasteiger partial charge in [0.2, 0.25) is 0 Å². The number of anilines is 1. The first kappa shape index (κ1) is 10.1. The van der Waals surface area contributed by atoms with Crippen LogP contribution in [-0.2, 0) is 0 Å². The van der Waals surface area contributed by atoms with Gasteiger partial charge in [-0.25, -0.2) is 9.37 Å². The summed E-state index contributed by atoms with van der Waals surface area (Å²) in [6, 6.07) is 5.11. The highest BCUT2D eigenvalue weighted by Gasteiger charge is 2.10. The Bertz CT molecular complexity index is 486. The zero-order chi connectivity index (χ0) is 11.0. The summed E-state index contributed by atoms with van der Waals surface area (Å²) in [5, 5.41) is 0.641. The lowest BCUT2D eigenvalue weighted by atomic mass is 10.1. The lowest BCUT2D eigenvalue weighted by Crippen LogP contribution is -1.88. The molecule has 1 aromatic heterocycles. The van der Waals surface area contributed by atoms with E-state index in [9.17, 15) is 4.39 Å². The van der Waals surface area contributed by atoms with E-state index in [0.29, 0.717) is 16.4 Å². The molecule has 78 valence electrons. The normalized spacial score (nSPS) is 10.6. The molecule has 1 heterocycles. The van der Waals surface area contributed by atoms with Crippen LogP contribution in [0, 0.1) is 19.7 Å². The summed E-state index contributed by atoms with van der Waals surface area (Å²) in [7, 11) is 0. The summed E-state index contributed by atoms with van der Waals surface area (Å²) in [6.07, 6.45) is 0. The van der Waals surface area contributed by atoms with Crippen LogP contribution >= 0.6 is 11.3 Å². The Morgan fingerprint density at radius 2 is 2.07 bits per heavy atom. The molecule has 2 N–H and O–H groups in total. The van der Waals surface area contributed by atoms with E-state index in [1.54, 1.807) is 6.07 Å². The number of thiazole rings is 1. The van der Waals surface area contributed by atoms with E-state index >= 15 is 0 Å². The van der Waals surface area contributed by atoms with Crippen molar-refractivity contribution in [2.24, 2.45) is 0 Å². The van der Waals surface area contributed by atoms with E-state index in [1.165, 1.54) is 17.4 Å². The number of nitrogens with two attached hydrogens (primary N) is 1. The number of rotatable bonds is 1. The van der Waals surface area contributed by atoms with Gasteiger partial charge < -0.3 is 5.73 Å². The van der Waals surface area contributed by atoms with Gasteiger partial charge in [-0.05, 0) is 31.5 Å². The summed E-state index contributed by atoms with van der Waals surface area (Å²) in [4.78, 5) is 5.05. The van der Waals surface area contributed by atoms with Gasteiger partial charge in [-0.15, -0.1) is 11.3 Å². The predicted octanol–water partition coefficient (Wildman–Crippen LogP) is 3.15. The first-order valence-electron chi connectivity index (χ1n) is 4.57. The maximum Gasteiger partial charge on any atom is 0.138 e. The second kappa shape index (κ2) is 3.62. The predicted molar refractivity (Wildman–Crippen MR) is 61.4 cm³/mol. The summed E-state index contributed by atoms with van der Waals surface area (Å²) >= 11 is 1.41. The molecular weight excluding hydrogens is 211 g/mol. The third-order valence-corrected chi connectivity index (χ3v) is 3.21. The van der Waals surface area contributed by atoms with Crippen LogP contribution in [0.25, 0.3) is 10.6 Å². The van der Waals surface area contributed by atoms with E-state index in [0.717, 1.165) is 10.4 Å². The van der Waals surface area contributed by atoms with Crippen molar-refractivity contribution in [3.8, 4) is 10.6 Å². The van der Waals surface area contributed by atoms with E-state index in [2.05, 4.69) is 4.98 Å². The fourth-order valence-corrected chi connectivity index (χ4v) is 2.18. The SMILES string of the molecule is Cc1ccc(-c2nc(N)c(C)s2)c(F)c1. The lowest BCUT2D eigenvalue weighted by Gasteiger charge is -1.99. The van der Waals surface area contributed by atoms with Gasteiger partial charge in [0.15, 0.2) is 0 Å². The average Bonchev–Trinajstić information content (AvgIpc) is 2.46. The third-order valence-electron chi connectivity index (χ3n) is 2.19. The van der Waals surface area contributed by atoms with Crippen LogP contribution in [0.5, 0.6) is 0 Å². The van der Waals surface area contributed by atoms with E-state index in [-0.39, 0.29) is 5.82 Å². The number of benzene rings is 1. The highest BCUT2D eigenvalue weighted by atomic mass is 32.1.